The van der Waals surface area contributed by atoms with Crippen molar-refractivity contribution in [3.8, 4) is 0 Å². The zero-order chi connectivity index (χ0) is 12.4. The van der Waals surface area contributed by atoms with E-state index in [9.17, 15) is 8.42 Å². The average molecular weight is 248 g/mol. The molecule has 0 amide bonds. The third-order valence-electron chi connectivity index (χ3n) is 3.19. The molecule has 1 atom stereocenters. The zero-order valence-corrected chi connectivity index (χ0v) is 11.5. The van der Waals surface area contributed by atoms with Crippen molar-refractivity contribution < 1.29 is 8.42 Å². The van der Waals surface area contributed by atoms with Crippen LogP contribution in [0, 0.1) is 11.3 Å². The Bertz CT molecular complexity index is 323. The molecule has 1 unspecified atom stereocenters. The lowest BCUT2D eigenvalue weighted by atomic mass is 10.1. The highest BCUT2D eigenvalue weighted by atomic mass is 32.2. The fourth-order valence-corrected chi connectivity index (χ4v) is 2.69. The fraction of sp³-hybridized carbons (Fsp3) is 1.00. The van der Waals surface area contributed by atoms with Crippen molar-refractivity contribution in [1.29, 1.82) is 0 Å². The van der Waals surface area contributed by atoms with Crippen molar-refractivity contribution >= 4 is 10.0 Å². The lowest BCUT2D eigenvalue weighted by Crippen LogP contribution is -2.35. The van der Waals surface area contributed by atoms with Gasteiger partial charge in [0.05, 0.1) is 5.75 Å². The highest BCUT2D eigenvalue weighted by Gasteiger charge is 2.45. The fourth-order valence-electron chi connectivity index (χ4n) is 1.71. The molecule has 0 aromatic carbocycles. The second kappa shape index (κ2) is 5.02. The summed E-state index contributed by atoms with van der Waals surface area (Å²) in [7, 11) is -3.10. The van der Waals surface area contributed by atoms with E-state index >= 15 is 0 Å². The summed E-state index contributed by atoms with van der Waals surface area (Å²) >= 11 is 0. The van der Waals surface area contributed by atoms with Crippen LogP contribution in [0.2, 0.25) is 0 Å². The first-order valence-electron chi connectivity index (χ1n) is 5.94. The summed E-state index contributed by atoms with van der Waals surface area (Å²) in [5.41, 5.74) is 0.332. The Morgan fingerprint density at radius 2 is 1.94 bits per heavy atom. The molecule has 1 rings (SSSR count). The first-order valence-corrected chi connectivity index (χ1v) is 7.59. The second-order valence-corrected chi connectivity index (χ2v) is 7.59. The molecule has 96 valence electrons. The number of rotatable bonds is 7. The van der Waals surface area contributed by atoms with Crippen LogP contribution >= 0.6 is 0 Å². The molecule has 1 aliphatic rings. The summed E-state index contributed by atoms with van der Waals surface area (Å²) in [6.07, 6.45) is 1.12. The first kappa shape index (κ1) is 13.9. The van der Waals surface area contributed by atoms with E-state index < -0.39 is 10.0 Å². The summed E-state index contributed by atoms with van der Waals surface area (Å²) in [5.74, 6) is 0.679. The predicted molar refractivity (Wildman–Crippen MR) is 66.8 cm³/mol. The molecule has 0 spiro atoms. The van der Waals surface area contributed by atoms with Crippen molar-refractivity contribution in [3.63, 3.8) is 0 Å². The normalized spacial score (nSPS) is 23.7. The lowest BCUT2D eigenvalue weighted by Gasteiger charge is -2.10. The van der Waals surface area contributed by atoms with Gasteiger partial charge in [-0.05, 0) is 17.8 Å². The van der Waals surface area contributed by atoms with Crippen LogP contribution in [0.4, 0.5) is 0 Å². The number of hydrogen-bond acceptors (Lipinski definition) is 3. The Morgan fingerprint density at radius 3 is 2.38 bits per heavy atom. The van der Waals surface area contributed by atoms with Gasteiger partial charge in [0.15, 0.2) is 0 Å². The summed E-state index contributed by atoms with van der Waals surface area (Å²) in [6, 6.07) is 0.331. The standard InChI is InChI=1S/C11H24N2O2S/c1-9(2)12-5-6-16(14,15)13-8-10-7-11(10,3)4/h9-10,12-13H,5-8H2,1-4H3. The number of hydrogen-bond donors (Lipinski definition) is 2. The van der Waals surface area contributed by atoms with Crippen LogP contribution < -0.4 is 10.0 Å². The van der Waals surface area contributed by atoms with Gasteiger partial charge in [-0.1, -0.05) is 27.7 Å². The van der Waals surface area contributed by atoms with E-state index in [0.717, 1.165) is 6.42 Å². The Kier molecular flexibility index (Phi) is 4.37. The quantitative estimate of drug-likeness (QED) is 0.705. The van der Waals surface area contributed by atoms with Crippen LogP contribution in [0.25, 0.3) is 0 Å². The first-order chi connectivity index (χ1) is 7.23. The van der Waals surface area contributed by atoms with Crippen molar-refractivity contribution in [2.24, 2.45) is 11.3 Å². The van der Waals surface area contributed by atoms with Gasteiger partial charge in [0.2, 0.25) is 10.0 Å². The summed E-state index contributed by atoms with van der Waals surface area (Å²) in [4.78, 5) is 0. The Hall–Kier alpha value is -0.130. The number of sulfonamides is 1. The van der Waals surface area contributed by atoms with Crippen molar-refractivity contribution in [1.82, 2.24) is 10.0 Å². The molecule has 16 heavy (non-hydrogen) atoms. The van der Waals surface area contributed by atoms with Gasteiger partial charge in [0.25, 0.3) is 0 Å². The highest BCUT2D eigenvalue weighted by Crippen LogP contribution is 2.51. The highest BCUT2D eigenvalue weighted by molar-refractivity contribution is 7.89. The van der Waals surface area contributed by atoms with E-state index in [1.54, 1.807) is 0 Å². The van der Waals surface area contributed by atoms with Gasteiger partial charge in [-0.3, -0.25) is 0 Å². The summed E-state index contributed by atoms with van der Waals surface area (Å²) in [5, 5.41) is 3.10. The molecule has 0 saturated heterocycles. The van der Waals surface area contributed by atoms with Crippen molar-refractivity contribution in [2.45, 2.75) is 40.2 Å². The predicted octanol–water partition coefficient (Wildman–Crippen LogP) is 0.950. The SMILES string of the molecule is CC(C)NCCS(=O)(=O)NCC1CC1(C)C. The van der Waals surface area contributed by atoms with E-state index in [-0.39, 0.29) is 5.75 Å². The van der Waals surface area contributed by atoms with E-state index in [2.05, 4.69) is 23.9 Å². The van der Waals surface area contributed by atoms with E-state index in [4.69, 9.17) is 0 Å². The minimum absolute atomic E-state index is 0.165. The minimum Gasteiger partial charge on any atom is -0.313 e. The van der Waals surface area contributed by atoms with Crippen LogP contribution in [-0.4, -0.2) is 33.3 Å². The smallest absolute Gasteiger partial charge is 0.212 e. The molecule has 1 fully saturated rings. The van der Waals surface area contributed by atoms with Crippen LogP contribution in [0.15, 0.2) is 0 Å². The zero-order valence-electron chi connectivity index (χ0n) is 10.7. The van der Waals surface area contributed by atoms with Gasteiger partial charge in [-0.2, -0.15) is 0 Å². The van der Waals surface area contributed by atoms with Gasteiger partial charge in [0.1, 0.15) is 0 Å². The molecule has 5 heteroatoms. The van der Waals surface area contributed by atoms with Crippen molar-refractivity contribution in [3.05, 3.63) is 0 Å². The van der Waals surface area contributed by atoms with Crippen LogP contribution in [0.5, 0.6) is 0 Å². The number of nitrogens with one attached hydrogen (secondary N) is 2. The molecule has 0 aromatic heterocycles. The summed E-state index contributed by atoms with van der Waals surface area (Å²) < 4.78 is 25.9. The molecule has 1 saturated carbocycles. The van der Waals surface area contributed by atoms with E-state index in [0.29, 0.717) is 30.5 Å². The summed E-state index contributed by atoms with van der Waals surface area (Å²) in [6.45, 7) is 9.47. The third-order valence-corrected chi connectivity index (χ3v) is 4.54. The monoisotopic (exact) mass is 248 g/mol. The van der Waals surface area contributed by atoms with Gasteiger partial charge < -0.3 is 5.32 Å². The molecule has 1 aliphatic carbocycles. The minimum atomic E-state index is -3.10. The van der Waals surface area contributed by atoms with E-state index in [1.165, 1.54) is 0 Å². The Morgan fingerprint density at radius 1 is 1.38 bits per heavy atom. The topological polar surface area (TPSA) is 58.2 Å². The third kappa shape index (κ3) is 4.80. The molecule has 0 bridgehead atoms. The maximum Gasteiger partial charge on any atom is 0.212 e. The van der Waals surface area contributed by atoms with Crippen molar-refractivity contribution in [2.75, 3.05) is 18.8 Å². The van der Waals surface area contributed by atoms with E-state index in [1.807, 2.05) is 13.8 Å². The van der Waals surface area contributed by atoms with Gasteiger partial charge in [-0.25, -0.2) is 13.1 Å². The largest absolute Gasteiger partial charge is 0.313 e. The Labute approximate surface area is 99.2 Å². The van der Waals surface area contributed by atoms with Gasteiger partial charge in [-0.15, -0.1) is 0 Å². The van der Waals surface area contributed by atoms with Crippen LogP contribution in [-0.2, 0) is 10.0 Å². The average Bonchev–Trinajstić information content (AvgIpc) is 2.70. The molecule has 2 N–H and O–H groups in total. The lowest BCUT2D eigenvalue weighted by molar-refractivity contribution is 0.534. The van der Waals surface area contributed by atoms with Gasteiger partial charge in [0, 0.05) is 19.1 Å². The molecule has 0 heterocycles. The Balaban J connectivity index is 2.19. The molecule has 4 nitrogen and oxygen atoms in total. The molecular weight excluding hydrogens is 224 g/mol. The van der Waals surface area contributed by atoms with Crippen LogP contribution in [0.3, 0.4) is 0 Å². The van der Waals surface area contributed by atoms with Gasteiger partial charge >= 0.3 is 0 Å². The molecular formula is C11H24N2O2S. The maximum absolute atomic E-state index is 11.6. The molecule has 0 aromatic rings. The maximum atomic E-state index is 11.6. The van der Waals surface area contributed by atoms with Crippen LogP contribution in [0.1, 0.15) is 34.1 Å². The molecule has 0 aliphatic heterocycles. The molecule has 0 radical (unpaired) electrons. The second-order valence-electron chi connectivity index (χ2n) is 5.67.